The summed E-state index contributed by atoms with van der Waals surface area (Å²) in [5.74, 6) is 1.39. The molecule has 7 nitrogen and oxygen atoms in total. The zero-order valence-corrected chi connectivity index (χ0v) is 17.5. The first-order valence-electron chi connectivity index (χ1n) is 10.5. The molecule has 1 aromatic carbocycles. The van der Waals surface area contributed by atoms with Crippen LogP contribution in [0.5, 0.6) is 0 Å². The van der Waals surface area contributed by atoms with Gasteiger partial charge in [0.05, 0.1) is 12.1 Å². The third-order valence-electron chi connectivity index (χ3n) is 6.02. The Hall–Kier alpha value is -2.64. The van der Waals surface area contributed by atoms with Gasteiger partial charge in [0.25, 0.3) is 5.91 Å². The standard InChI is InChI=1S/C23H29N3O4/c1-16-10-11-19(30-16)18(26-12-6-7-13-26)14-24-23(28)22-21(17-8-4-3-5-9-17)25(2)20(27)15-29-22/h3-5,8-11,18,21-22H,6-7,12-15H2,1-2H3,(H,24,28)/t18-,21-,22+/m0/s1. The summed E-state index contributed by atoms with van der Waals surface area (Å²) in [6.45, 7) is 4.25. The number of morpholine rings is 1. The normalized spacial score (nSPS) is 23.5. The first kappa shape index (κ1) is 20.6. The topological polar surface area (TPSA) is 75.0 Å². The van der Waals surface area contributed by atoms with Gasteiger partial charge in [-0.25, -0.2) is 0 Å². The van der Waals surface area contributed by atoms with Crippen molar-refractivity contribution in [3.8, 4) is 0 Å². The first-order chi connectivity index (χ1) is 14.5. The molecule has 2 aliphatic heterocycles. The number of rotatable bonds is 6. The summed E-state index contributed by atoms with van der Waals surface area (Å²) in [4.78, 5) is 29.4. The Labute approximate surface area is 177 Å². The molecule has 0 bridgehead atoms. The van der Waals surface area contributed by atoms with Gasteiger partial charge >= 0.3 is 0 Å². The number of nitrogens with zero attached hydrogens (tertiary/aromatic N) is 2. The molecule has 0 saturated carbocycles. The molecule has 2 amide bonds. The zero-order chi connectivity index (χ0) is 21.1. The van der Waals surface area contributed by atoms with Crippen molar-refractivity contribution in [2.75, 3.05) is 33.3 Å². The lowest BCUT2D eigenvalue weighted by atomic mass is 9.97. The summed E-state index contributed by atoms with van der Waals surface area (Å²) in [6, 6.07) is 13.0. The lowest BCUT2D eigenvalue weighted by molar-refractivity contribution is -0.162. The average molecular weight is 412 g/mol. The van der Waals surface area contributed by atoms with Crippen LogP contribution < -0.4 is 5.32 Å². The van der Waals surface area contributed by atoms with Crippen molar-refractivity contribution in [2.24, 2.45) is 0 Å². The Kier molecular flexibility index (Phi) is 6.20. The SMILES string of the molecule is Cc1ccc([C@H](CNC(=O)[C@@H]2OCC(=O)N(C)[C@H]2c2ccccc2)N2CCCC2)o1. The van der Waals surface area contributed by atoms with E-state index in [-0.39, 0.29) is 24.5 Å². The molecule has 1 aromatic heterocycles. The van der Waals surface area contributed by atoms with Crippen LogP contribution in [-0.2, 0) is 14.3 Å². The van der Waals surface area contributed by atoms with E-state index in [1.54, 1.807) is 11.9 Å². The maximum absolute atomic E-state index is 13.2. The second-order valence-corrected chi connectivity index (χ2v) is 8.04. The number of hydrogen-bond acceptors (Lipinski definition) is 5. The Bertz CT molecular complexity index is 876. The molecule has 2 aromatic rings. The predicted molar refractivity (Wildman–Crippen MR) is 112 cm³/mol. The second kappa shape index (κ2) is 9.02. The molecule has 0 radical (unpaired) electrons. The number of hydrogen-bond donors (Lipinski definition) is 1. The molecule has 0 unspecified atom stereocenters. The van der Waals surface area contributed by atoms with Gasteiger partial charge in [-0.15, -0.1) is 0 Å². The molecule has 4 rings (SSSR count). The van der Waals surface area contributed by atoms with E-state index in [9.17, 15) is 9.59 Å². The van der Waals surface area contributed by atoms with Gasteiger partial charge < -0.3 is 19.4 Å². The fourth-order valence-electron chi connectivity index (χ4n) is 4.37. The number of likely N-dealkylation sites (tertiary alicyclic amines) is 1. The van der Waals surface area contributed by atoms with Gasteiger partial charge in [-0.3, -0.25) is 14.5 Å². The Morgan fingerprint density at radius 1 is 1.17 bits per heavy atom. The molecule has 160 valence electrons. The van der Waals surface area contributed by atoms with Crippen molar-refractivity contribution in [3.05, 3.63) is 59.5 Å². The van der Waals surface area contributed by atoms with Crippen LogP contribution in [-0.4, -0.2) is 61.0 Å². The maximum Gasteiger partial charge on any atom is 0.251 e. The van der Waals surface area contributed by atoms with Crippen molar-refractivity contribution in [3.63, 3.8) is 0 Å². The number of amides is 2. The number of nitrogens with one attached hydrogen (secondary N) is 1. The van der Waals surface area contributed by atoms with Crippen LogP contribution in [0.25, 0.3) is 0 Å². The van der Waals surface area contributed by atoms with Gasteiger partial charge in [-0.1, -0.05) is 30.3 Å². The molecule has 7 heteroatoms. The van der Waals surface area contributed by atoms with Gasteiger partial charge in [0.2, 0.25) is 5.91 Å². The van der Waals surface area contributed by atoms with E-state index >= 15 is 0 Å². The van der Waals surface area contributed by atoms with Crippen molar-refractivity contribution in [1.29, 1.82) is 0 Å². The zero-order valence-electron chi connectivity index (χ0n) is 17.5. The van der Waals surface area contributed by atoms with Gasteiger partial charge in [0, 0.05) is 13.6 Å². The van der Waals surface area contributed by atoms with Gasteiger partial charge in [-0.2, -0.15) is 0 Å². The maximum atomic E-state index is 13.2. The summed E-state index contributed by atoms with van der Waals surface area (Å²) in [5.41, 5.74) is 0.881. The Morgan fingerprint density at radius 2 is 1.90 bits per heavy atom. The van der Waals surface area contributed by atoms with E-state index in [0.717, 1.165) is 43.0 Å². The van der Waals surface area contributed by atoms with Crippen LogP contribution in [0.3, 0.4) is 0 Å². The molecular formula is C23H29N3O4. The second-order valence-electron chi connectivity index (χ2n) is 8.04. The summed E-state index contributed by atoms with van der Waals surface area (Å²) < 4.78 is 11.6. The monoisotopic (exact) mass is 411 g/mol. The molecular weight excluding hydrogens is 382 g/mol. The van der Waals surface area contributed by atoms with E-state index in [1.165, 1.54) is 0 Å². The number of furan rings is 1. The quantitative estimate of drug-likeness (QED) is 0.790. The number of carbonyl (C=O) groups is 2. The molecule has 0 aliphatic carbocycles. The highest BCUT2D eigenvalue weighted by Crippen LogP contribution is 2.30. The largest absolute Gasteiger partial charge is 0.465 e. The lowest BCUT2D eigenvalue weighted by Crippen LogP contribution is -2.53. The highest BCUT2D eigenvalue weighted by Gasteiger charge is 2.40. The highest BCUT2D eigenvalue weighted by molar-refractivity contribution is 5.86. The van der Waals surface area contributed by atoms with E-state index in [0.29, 0.717) is 6.54 Å². The third kappa shape index (κ3) is 4.27. The number of ether oxygens (including phenoxy) is 1. The summed E-state index contributed by atoms with van der Waals surface area (Å²) in [6.07, 6.45) is 1.55. The van der Waals surface area contributed by atoms with Crippen LogP contribution in [0.1, 0.15) is 42.0 Å². The molecule has 3 atom stereocenters. The van der Waals surface area contributed by atoms with Crippen LogP contribution >= 0.6 is 0 Å². The number of likely N-dealkylation sites (N-methyl/N-ethyl adjacent to an activating group) is 1. The van der Waals surface area contributed by atoms with Crippen molar-refractivity contribution in [2.45, 2.75) is 38.0 Å². The van der Waals surface area contributed by atoms with Crippen LogP contribution in [0.15, 0.2) is 46.9 Å². The molecule has 2 aliphatic rings. The van der Waals surface area contributed by atoms with Crippen LogP contribution in [0.2, 0.25) is 0 Å². The fraction of sp³-hybridized carbons (Fsp3) is 0.478. The van der Waals surface area contributed by atoms with E-state index < -0.39 is 12.1 Å². The molecule has 0 spiro atoms. The van der Waals surface area contributed by atoms with Crippen LogP contribution in [0.4, 0.5) is 0 Å². The molecule has 2 saturated heterocycles. The highest BCUT2D eigenvalue weighted by atomic mass is 16.5. The molecule has 2 fully saturated rings. The van der Waals surface area contributed by atoms with Crippen LogP contribution in [0, 0.1) is 6.92 Å². The van der Waals surface area contributed by atoms with Crippen molar-refractivity contribution >= 4 is 11.8 Å². The molecule has 30 heavy (non-hydrogen) atoms. The minimum absolute atomic E-state index is 0.0109. The first-order valence-corrected chi connectivity index (χ1v) is 10.5. The number of benzene rings is 1. The van der Waals surface area contributed by atoms with Gasteiger partial charge in [0.15, 0.2) is 6.10 Å². The predicted octanol–water partition coefficient (Wildman–Crippen LogP) is 2.44. The Balaban J connectivity index is 1.50. The molecule has 1 N–H and O–H groups in total. The van der Waals surface area contributed by atoms with E-state index in [1.807, 2.05) is 49.4 Å². The van der Waals surface area contributed by atoms with Gasteiger partial charge in [-0.05, 0) is 50.6 Å². The van der Waals surface area contributed by atoms with E-state index in [4.69, 9.17) is 9.15 Å². The smallest absolute Gasteiger partial charge is 0.251 e. The number of carbonyl (C=O) groups excluding carboxylic acids is 2. The average Bonchev–Trinajstić information content (AvgIpc) is 3.43. The number of aryl methyl sites for hydroxylation is 1. The summed E-state index contributed by atoms with van der Waals surface area (Å²) >= 11 is 0. The molecule has 3 heterocycles. The van der Waals surface area contributed by atoms with Crippen molar-refractivity contribution < 1.29 is 18.7 Å². The van der Waals surface area contributed by atoms with Crippen molar-refractivity contribution in [1.82, 2.24) is 15.1 Å². The minimum atomic E-state index is -0.757. The summed E-state index contributed by atoms with van der Waals surface area (Å²) in [5, 5.41) is 3.07. The lowest BCUT2D eigenvalue weighted by Gasteiger charge is -2.38. The fourth-order valence-corrected chi connectivity index (χ4v) is 4.37. The van der Waals surface area contributed by atoms with Gasteiger partial charge in [0.1, 0.15) is 18.1 Å². The van der Waals surface area contributed by atoms with E-state index in [2.05, 4.69) is 10.2 Å². The third-order valence-corrected chi connectivity index (χ3v) is 6.02. The Morgan fingerprint density at radius 3 is 2.57 bits per heavy atom. The minimum Gasteiger partial charge on any atom is -0.465 e. The summed E-state index contributed by atoms with van der Waals surface area (Å²) in [7, 11) is 1.72.